The van der Waals surface area contributed by atoms with Gasteiger partial charge in [0.2, 0.25) is 0 Å². The Hall–Kier alpha value is -1.35. The van der Waals surface area contributed by atoms with Crippen molar-refractivity contribution >= 4 is 17.3 Å². The third-order valence-electron chi connectivity index (χ3n) is 2.96. The summed E-state index contributed by atoms with van der Waals surface area (Å²) in [6, 6.07) is 0. The Morgan fingerprint density at radius 2 is 2.00 bits per heavy atom. The number of alkyl halides is 3. The zero-order valence-corrected chi connectivity index (χ0v) is 14.7. The highest BCUT2D eigenvalue weighted by molar-refractivity contribution is 7.11. The number of hydrogen-bond donors (Lipinski definition) is 2. The van der Waals surface area contributed by atoms with E-state index in [-0.39, 0.29) is 6.54 Å². The van der Waals surface area contributed by atoms with E-state index in [0.717, 1.165) is 15.6 Å². The molecule has 132 valence electrons. The third-order valence-corrected chi connectivity index (χ3v) is 4.02. The molecule has 0 aliphatic heterocycles. The number of guanidine groups is 1. The molecule has 0 spiro atoms. The summed E-state index contributed by atoms with van der Waals surface area (Å²) in [4.78, 5) is 11.1. The van der Waals surface area contributed by atoms with Crippen LogP contribution >= 0.6 is 11.3 Å². The van der Waals surface area contributed by atoms with Gasteiger partial charge in [-0.2, -0.15) is 13.2 Å². The number of thiazole rings is 1. The van der Waals surface area contributed by atoms with Crippen molar-refractivity contribution in [3.63, 3.8) is 0 Å². The van der Waals surface area contributed by atoms with Crippen LogP contribution in [0, 0.1) is 13.8 Å². The summed E-state index contributed by atoms with van der Waals surface area (Å²) in [6.45, 7) is 6.78. The van der Waals surface area contributed by atoms with E-state index in [1.807, 2.05) is 20.8 Å². The van der Waals surface area contributed by atoms with Gasteiger partial charge in [0.25, 0.3) is 0 Å². The highest BCUT2D eigenvalue weighted by atomic mass is 32.1. The number of hydrogen-bond acceptors (Lipinski definition) is 4. The van der Waals surface area contributed by atoms with Crippen LogP contribution in [0.1, 0.15) is 22.5 Å². The van der Waals surface area contributed by atoms with Crippen LogP contribution < -0.4 is 10.6 Å². The minimum atomic E-state index is -4.17. The molecule has 0 atom stereocenters. The number of nitrogens with one attached hydrogen (secondary N) is 2. The molecule has 0 aromatic carbocycles. The van der Waals surface area contributed by atoms with E-state index < -0.39 is 12.7 Å². The van der Waals surface area contributed by atoms with Gasteiger partial charge in [0.1, 0.15) is 0 Å². The fourth-order valence-corrected chi connectivity index (χ4v) is 2.82. The van der Waals surface area contributed by atoms with Crippen LogP contribution in [0.25, 0.3) is 0 Å². The molecule has 0 aliphatic rings. The molecule has 1 rings (SSSR count). The second-order valence-electron chi connectivity index (χ2n) is 5.22. The maximum Gasteiger partial charge on any atom is 0.401 e. The smallest absolute Gasteiger partial charge is 0.357 e. The van der Waals surface area contributed by atoms with Crippen molar-refractivity contribution < 1.29 is 13.2 Å². The molecule has 0 aliphatic carbocycles. The monoisotopic (exact) mass is 351 g/mol. The average Bonchev–Trinajstić information content (AvgIpc) is 2.72. The van der Waals surface area contributed by atoms with E-state index in [0.29, 0.717) is 25.6 Å². The minimum Gasteiger partial charge on any atom is -0.357 e. The molecule has 1 aromatic rings. The van der Waals surface area contributed by atoms with Crippen LogP contribution in [0.4, 0.5) is 13.2 Å². The van der Waals surface area contributed by atoms with Gasteiger partial charge in [0.05, 0.1) is 23.8 Å². The molecule has 0 fully saturated rings. The standard InChI is InChI=1S/C14H24F3N5S/c1-5-18-13(19-6-7-22(4)9-14(15,16)17)20-8-12-10(2)21-11(3)23-12/h5-9H2,1-4H3,(H2,18,19,20). The van der Waals surface area contributed by atoms with Gasteiger partial charge in [0, 0.05) is 24.5 Å². The number of aromatic nitrogens is 1. The van der Waals surface area contributed by atoms with E-state index in [1.54, 1.807) is 11.3 Å². The molecule has 0 unspecified atom stereocenters. The summed E-state index contributed by atoms with van der Waals surface area (Å²) < 4.78 is 36.8. The Bertz CT molecular complexity index is 513. The molecule has 0 saturated heterocycles. The highest BCUT2D eigenvalue weighted by Gasteiger charge is 2.28. The Morgan fingerprint density at radius 1 is 1.30 bits per heavy atom. The lowest BCUT2D eigenvalue weighted by Gasteiger charge is -2.19. The summed E-state index contributed by atoms with van der Waals surface area (Å²) in [5.41, 5.74) is 0.969. The van der Waals surface area contributed by atoms with Crippen LogP contribution in [-0.4, -0.2) is 55.2 Å². The first-order valence-corrected chi connectivity index (χ1v) is 8.23. The maximum absolute atomic E-state index is 12.3. The fourth-order valence-electron chi connectivity index (χ4n) is 1.96. The molecule has 0 amide bonds. The average molecular weight is 351 g/mol. The molecular formula is C14H24F3N5S. The lowest BCUT2D eigenvalue weighted by atomic mass is 10.4. The molecule has 1 aromatic heterocycles. The van der Waals surface area contributed by atoms with Crippen LogP contribution in [0.2, 0.25) is 0 Å². The first-order valence-electron chi connectivity index (χ1n) is 7.41. The number of aliphatic imine (C=N–C) groups is 1. The van der Waals surface area contributed by atoms with Crippen molar-refractivity contribution in [3.8, 4) is 0 Å². The summed E-state index contributed by atoms with van der Waals surface area (Å²) in [7, 11) is 1.45. The summed E-state index contributed by atoms with van der Waals surface area (Å²) in [5, 5.41) is 7.13. The van der Waals surface area contributed by atoms with Gasteiger partial charge in [-0.1, -0.05) is 0 Å². The molecule has 0 radical (unpaired) electrons. The minimum absolute atomic E-state index is 0.280. The van der Waals surface area contributed by atoms with Crippen molar-refractivity contribution in [2.45, 2.75) is 33.5 Å². The second kappa shape index (κ2) is 9.07. The van der Waals surface area contributed by atoms with E-state index in [9.17, 15) is 13.2 Å². The zero-order valence-electron chi connectivity index (χ0n) is 13.9. The highest BCUT2D eigenvalue weighted by Crippen LogP contribution is 2.17. The number of halogens is 3. The maximum atomic E-state index is 12.3. The van der Waals surface area contributed by atoms with Crippen LogP contribution in [0.5, 0.6) is 0 Å². The molecule has 1 heterocycles. The van der Waals surface area contributed by atoms with Crippen molar-refractivity contribution in [3.05, 3.63) is 15.6 Å². The Balaban J connectivity index is 2.48. The van der Waals surface area contributed by atoms with Crippen molar-refractivity contribution in [2.75, 3.05) is 33.2 Å². The topological polar surface area (TPSA) is 52.6 Å². The predicted molar refractivity (Wildman–Crippen MR) is 88.0 cm³/mol. The molecule has 5 nitrogen and oxygen atoms in total. The third kappa shape index (κ3) is 8.17. The van der Waals surface area contributed by atoms with E-state index in [4.69, 9.17) is 0 Å². The first-order chi connectivity index (χ1) is 10.7. The van der Waals surface area contributed by atoms with Gasteiger partial charge >= 0.3 is 6.18 Å². The van der Waals surface area contributed by atoms with Gasteiger partial charge in [-0.25, -0.2) is 9.98 Å². The molecule has 9 heteroatoms. The predicted octanol–water partition coefficient (Wildman–Crippen LogP) is 2.31. The van der Waals surface area contributed by atoms with E-state index >= 15 is 0 Å². The number of aryl methyl sites for hydroxylation is 2. The van der Waals surface area contributed by atoms with Gasteiger partial charge in [-0.3, -0.25) is 4.90 Å². The Morgan fingerprint density at radius 3 is 2.52 bits per heavy atom. The largest absolute Gasteiger partial charge is 0.401 e. The molecule has 2 N–H and O–H groups in total. The van der Waals surface area contributed by atoms with Crippen molar-refractivity contribution in [1.82, 2.24) is 20.5 Å². The van der Waals surface area contributed by atoms with Crippen LogP contribution in [-0.2, 0) is 6.54 Å². The summed E-state index contributed by atoms with van der Waals surface area (Å²) in [5.74, 6) is 0.596. The van der Waals surface area contributed by atoms with Gasteiger partial charge < -0.3 is 10.6 Å². The summed E-state index contributed by atoms with van der Waals surface area (Å²) in [6.07, 6.45) is -4.17. The Kier molecular flexibility index (Phi) is 7.77. The molecule has 0 bridgehead atoms. The quantitative estimate of drug-likeness (QED) is 0.585. The number of nitrogens with zero attached hydrogens (tertiary/aromatic N) is 3. The van der Waals surface area contributed by atoms with Crippen molar-refractivity contribution in [1.29, 1.82) is 0 Å². The van der Waals surface area contributed by atoms with Gasteiger partial charge in [-0.05, 0) is 27.8 Å². The SMILES string of the molecule is CCNC(=NCc1sc(C)nc1C)NCCN(C)CC(F)(F)F. The molecule has 0 saturated carbocycles. The van der Waals surface area contributed by atoms with Crippen molar-refractivity contribution in [2.24, 2.45) is 4.99 Å². The normalized spacial score (nSPS) is 12.8. The van der Waals surface area contributed by atoms with E-state index in [2.05, 4.69) is 20.6 Å². The zero-order chi connectivity index (χ0) is 17.5. The summed E-state index contributed by atoms with van der Waals surface area (Å²) >= 11 is 1.60. The van der Waals surface area contributed by atoms with Crippen LogP contribution in [0.3, 0.4) is 0 Å². The molecular weight excluding hydrogens is 327 g/mol. The van der Waals surface area contributed by atoms with Crippen LogP contribution in [0.15, 0.2) is 4.99 Å². The van der Waals surface area contributed by atoms with Gasteiger partial charge in [0.15, 0.2) is 5.96 Å². The van der Waals surface area contributed by atoms with E-state index in [1.165, 1.54) is 11.9 Å². The van der Waals surface area contributed by atoms with Gasteiger partial charge in [-0.15, -0.1) is 11.3 Å². The number of likely N-dealkylation sites (N-methyl/N-ethyl adjacent to an activating group) is 1. The lowest BCUT2D eigenvalue weighted by molar-refractivity contribution is -0.142. The number of rotatable bonds is 7. The first kappa shape index (κ1) is 19.7. The second-order valence-corrected chi connectivity index (χ2v) is 6.50. The molecule has 23 heavy (non-hydrogen) atoms. The fraction of sp³-hybridized carbons (Fsp3) is 0.714. The lowest BCUT2D eigenvalue weighted by Crippen LogP contribution is -2.42. The Labute approximate surface area is 139 Å².